The Morgan fingerprint density at radius 2 is 2.05 bits per heavy atom. The summed E-state index contributed by atoms with van der Waals surface area (Å²) in [4.78, 5) is 15.9. The summed E-state index contributed by atoms with van der Waals surface area (Å²) in [5, 5.41) is 9.28. The first-order chi connectivity index (χ1) is 8.63. The number of nitrogens with zero attached hydrogens (tertiary/aromatic N) is 1. The lowest BCUT2D eigenvalue weighted by Gasteiger charge is -2.24. The molecule has 1 saturated carbocycles. The molecular weight excluding hydrogens is 242 g/mol. The van der Waals surface area contributed by atoms with E-state index in [1.165, 1.54) is 0 Å². The standard InChI is InChI=1S/C15H23NO3/c1-14(2,3)11-10(13(17)18)19-12(16-11)9-7-6-8-15(9,4)5/h9H,6-8H2,1-5H3,(H,17,18). The molecular formula is C15H23NO3. The number of carboxylic acids is 1. The molecule has 1 heterocycles. The Bertz CT molecular complexity index is 494. The number of hydrogen-bond donors (Lipinski definition) is 1. The van der Waals surface area contributed by atoms with Crippen LogP contribution in [0, 0.1) is 5.41 Å². The molecule has 4 heteroatoms. The molecule has 1 atom stereocenters. The second kappa shape index (κ2) is 4.36. The minimum atomic E-state index is -1.03. The maximum atomic E-state index is 11.3. The zero-order chi connectivity index (χ0) is 14.4. The van der Waals surface area contributed by atoms with Gasteiger partial charge in [-0.25, -0.2) is 9.78 Å². The summed E-state index contributed by atoms with van der Waals surface area (Å²) in [6.07, 6.45) is 3.30. The maximum Gasteiger partial charge on any atom is 0.373 e. The molecule has 0 radical (unpaired) electrons. The van der Waals surface area contributed by atoms with Crippen molar-refractivity contribution in [2.75, 3.05) is 0 Å². The van der Waals surface area contributed by atoms with Crippen LogP contribution < -0.4 is 0 Å². The first kappa shape index (κ1) is 14.1. The monoisotopic (exact) mass is 265 g/mol. The maximum absolute atomic E-state index is 11.3. The highest BCUT2D eigenvalue weighted by molar-refractivity contribution is 5.86. The van der Waals surface area contributed by atoms with Gasteiger partial charge >= 0.3 is 5.97 Å². The van der Waals surface area contributed by atoms with Crippen LogP contribution in [-0.2, 0) is 5.41 Å². The third-order valence-corrected chi connectivity index (χ3v) is 4.10. The predicted octanol–water partition coefficient (Wildman–Crippen LogP) is 3.96. The molecule has 1 aromatic rings. The summed E-state index contributed by atoms with van der Waals surface area (Å²) in [7, 11) is 0. The van der Waals surface area contributed by atoms with Crippen molar-refractivity contribution in [3.63, 3.8) is 0 Å². The normalized spacial score (nSPS) is 22.7. The van der Waals surface area contributed by atoms with Gasteiger partial charge in [0.05, 0.1) is 5.69 Å². The third-order valence-electron chi connectivity index (χ3n) is 4.10. The Kier molecular flexibility index (Phi) is 3.23. The fraction of sp³-hybridized carbons (Fsp3) is 0.733. The van der Waals surface area contributed by atoms with E-state index in [-0.39, 0.29) is 22.5 Å². The van der Waals surface area contributed by atoms with E-state index in [1.54, 1.807) is 0 Å². The first-order valence-corrected chi connectivity index (χ1v) is 6.87. The van der Waals surface area contributed by atoms with Crippen molar-refractivity contribution in [3.8, 4) is 0 Å². The molecule has 4 nitrogen and oxygen atoms in total. The number of aromatic carboxylic acids is 1. The van der Waals surface area contributed by atoms with E-state index < -0.39 is 5.97 Å². The molecule has 1 fully saturated rings. The van der Waals surface area contributed by atoms with Crippen LogP contribution in [0.1, 0.15) is 81.9 Å². The van der Waals surface area contributed by atoms with Gasteiger partial charge in [0.1, 0.15) is 0 Å². The van der Waals surface area contributed by atoms with E-state index >= 15 is 0 Å². The minimum Gasteiger partial charge on any atom is -0.475 e. The van der Waals surface area contributed by atoms with Crippen molar-refractivity contribution in [1.29, 1.82) is 0 Å². The molecule has 2 rings (SSSR count). The average Bonchev–Trinajstić information content (AvgIpc) is 2.79. The van der Waals surface area contributed by atoms with Gasteiger partial charge in [-0.05, 0) is 18.3 Å². The number of aromatic nitrogens is 1. The zero-order valence-electron chi connectivity index (χ0n) is 12.4. The van der Waals surface area contributed by atoms with Crippen molar-refractivity contribution < 1.29 is 14.3 Å². The molecule has 106 valence electrons. The van der Waals surface area contributed by atoms with Gasteiger partial charge < -0.3 is 9.52 Å². The highest BCUT2D eigenvalue weighted by Gasteiger charge is 2.40. The van der Waals surface area contributed by atoms with Crippen LogP contribution in [0.2, 0.25) is 0 Å². The molecule has 1 unspecified atom stereocenters. The van der Waals surface area contributed by atoms with Crippen molar-refractivity contribution in [2.24, 2.45) is 5.41 Å². The molecule has 1 aliphatic rings. The Hall–Kier alpha value is -1.32. The molecule has 0 spiro atoms. The van der Waals surface area contributed by atoms with Gasteiger partial charge in [-0.1, -0.05) is 41.0 Å². The largest absolute Gasteiger partial charge is 0.475 e. The summed E-state index contributed by atoms with van der Waals surface area (Å²) in [6.45, 7) is 10.3. The Balaban J connectivity index is 2.47. The van der Waals surface area contributed by atoms with Gasteiger partial charge in [0.15, 0.2) is 5.89 Å². The molecule has 19 heavy (non-hydrogen) atoms. The lowest BCUT2D eigenvalue weighted by Crippen LogP contribution is -2.18. The van der Waals surface area contributed by atoms with Crippen LogP contribution in [0.4, 0.5) is 0 Å². The van der Waals surface area contributed by atoms with Gasteiger partial charge in [0, 0.05) is 11.3 Å². The molecule has 1 aromatic heterocycles. The fourth-order valence-corrected chi connectivity index (χ4v) is 2.92. The van der Waals surface area contributed by atoms with Crippen LogP contribution in [-0.4, -0.2) is 16.1 Å². The summed E-state index contributed by atoms with van der Waals surface area (Å²) < 4.78 is 5.61. The molecule has 1 aliphatic carbocycles. The zero-order valence-corrected chi connectivity index (χ0v) is 12.4. The summed E-state index contributed by atoms with van der Waals surface area (Å²) in [6, 6.07) is 0. The van der Waals surface area contributed by atoms with Crippen LogP contribution in [0.3, 0.4) is 0 Å². The van der Waals surface area contributed by atoms with Crippen molar-refractivity contribution >= 4 is 5.97 Å². The second-order valence-electron chi connectivity index (χ2n) is 7.22. The van der Waals surface area contributed by atoms with Crippen LogP contribution >= 0.6 is 0 Å². The Labute approximate surface area is 114 Å². The second-order valence-corrected chi connectivity index (χ2v) is 7.22. The van der Waals surface area contributed by atoms with Crippen molar-refractivity contribution in [2.45, 2.75) is 65.2 Å². The molecule has 0 aliphatic heterocycles. The summed E-state index contributed by atoms with van der Waals surface area (Å²) >= 11 is 0. The van der Waals surface area contributed by atoms with E-state index in [0.29, 0.717) is 11.6 Å². The smallest absolute Gasteiger partial charge is 0.373 e. The Morgan fingerprint density at radius 3 is 2.42 bits per heavy atom. The first-order valence-electron chi connectivity index (χ1n) is 6.87. The molecule has 0 amide bonds. The van der Waals surface area contributed by atoms with E-state index in [1.807, 2.05) is 20.8 Å². The van der Waals surface area contributed by atoms with Crippen LogP contribution in [0.5, 0.6) is 0 Å². The minimum absolute atomic E-state index is 0.00481. The van der Waals surface area contributed by atoms with E-state index in [2.05, 4.69) is 18.8 Å². The number of rotatable bonds is 2. The van der Waals surface area contributed by atoms with E-state index in [0.717, 1.165) is 19.3 Å². The predicted molar refractivity (Wildman–Crippen MR) is 72.5 cm³/mol. The molecule has 1 N–H and O–H groups in total. The Morgan fingerprint density at radius 1 is 1.42 bits per heavy atom. The van der Waals surface area contributed by atoms with Gasteiger partial charge in [0.25, 0.3) is 0 Å². The lowest BCUT2D eigenvalue weighted by atomic mass is 9.82. The lowest BCUT2D eigenvalue weighted by molar-refractivity contribution is 0.0654. The number of hydrogen-bond acceptors (Lipinski definition) is 3. The van der Waals surface area contributed by atoms with Crippen LogP contribution in [0.15, 0.2) is 4.42 Å². The van der Waals surface area contributed by atoms with Crippen molar-refractivity contribution in [1.82, 2.24) is 4.98 Å². The van der Waals surface area contributed by atoms with Crippen molar-refractivity contribution in [3.05, 3.63) is 17.3 Å². The highest BCUT2D eigenvalue weighted by Crippen LogP contribution is 2.49. The summed E-state index contributed by atoms with van der Waals surface area (Å²) in [5.41, 5.74) is 0.367. The quantitative estimate of drug-likeness (QED) is 0.879. The molecule has 0 bridgehead atoms. The van der Waals surface area contributed by atoms with E-state index in [9.17, 15) is 9.90 Å². The van der Waals surface area contributed by atoms with Gasteiger partial charge in [0.2, 0.25) is 5.76 Å². The number of carbonyl (C=O) groups is 1. The topological polar surface area (TPSA) is 63.3 Å². The number of carboxylic acid groups (broad SMARTS) is 1. The highest BCUT2D eigenvalue weighted by atomic mass is 16.4. The number of oxazole rings is 1. The van der Waals surface area contributed by atoms with Gasteiger partial charge in [-0.15, -0.1) is 0 Å². The van der Waals surface area contributed by atoms with Crippen LogP contribution in [0.25, 0.3) is 0 Å². The average molecular weight is 265 g/mol. The molecule has 0 aromatic carbocycles. The summed E-state index contributed by atoms with van der Waals surface area (Å²) in [5.74, 6) is -0.198. The fourth-order valence-electron chi connectivity index (χ4n) is 2.92. The van der Waals surface area contributed by atoms with E-state index in [4.69, 9.17) is 4.42 Å². The third kappa shape index (κ3) is 2.53. The van der Waals surface area contributed by atoms with Gasteiger partial charge in [-0.2, -0.15) is 0 Å². The molecule has 0 saturated heterocycles. The SMILES string of the molecule is CC(C)(C)c1nc(C2CCCC2(C)C)oc1C(=O)O. The van der Waals surface area contributed by atoms with Gasteiger partial charge in [-0.3, -0.25) is 0 Å².